The molecule has 2 fully saturated rings. The highest BCUT2D eigenvalue weighted by Gasteiger charge is 2.44. The van der Waals surface area contributed by atoms with Gasteiger partial charge >= 0.3 is 11.9 Å². The lowest BCUT2D eigenvalue weighted by Crippen LogP contribution is -2.32. The molecule has 2 aliphatic rings. The summed E-state index contributed by atoms with van der Waals surface area (Å²) < 4.78 is 4.53. The number of carbonyl (C=O) groups is 2. The van der Waals surface area contributed by atoms with Crippen molar-refractivity contribution in [2.75, 3.05) is 19.8 Å². The first kappa shape index (κ1) is 17.1. The summed E-state index contributed by atoms with van der Waals surface area (Å²) in [7, 11) is 0. The number of cyclic esters (lactones) is 2. The summed E-state index contributed by atoms with van der Waals surface area (Å²) in [5, 5.41) is 26.0. The molecule has 0 aromatic carbocycles. The van der Waals surface area contributed by atoms with Gasteiger partial charge in [-0.05, 0) is 19.3 Å². The Morgan fingerprint density at radius 3 is 1.65 bits per heavy atom. The van der Waals surface area contributed by atoms with Gasteiger partial charge in [-0.1, -0.05) is 19.8 Å². The van der Waals surface area contributed by atoms with Crippen LogP contribution < -0.4 is 0 Å². The molecule has 1 aliphatic heterocycles. The number of carbonyl (C=O) groups excluding carboxylic acids is 2. The summed E-state index contributed by atoms with van der Waals surface area (Å²) in [6, 6.07) is 0. The highest BCUT2D eigenvalue weighted by Crippen LogP contribution is 2.36. The number of ether oxygens (including phenoxy) is 1. The molecule has 0 radical (unpaired) electrons. The van der Waals surface area contributed by atoms with Crippen molar-refractivity contribution < 1.29 is 29.6 Å². The Morgan fingerprint density at radius 2 is 1.40 bits per heavy atom. The molecule has 6 nitrogen and oxygen atoms in total. The van der Waals surface area contributed by atoms with Gasteiger partial charge in [-0.25, -0.2) is 0 Å². The van der Waals surface area contributed by atoms with Gasteiger partial charge in [0, 0.05) is 5.41 Å². The van der Waals surface area contributed by atoms with Crippen molar-refractivity contribution in [1.82, 2.24) is 0 Å². The van der Waals surface area contributed by atoms with Crippen LogP contribution in [0.4, 0.5) is 0 Å². The first-order valence-corrected chi connectivity index (χ1v) is 7.11. The number of esters is 2. The van der Waals surface area contributed by atoms with Gasteiger partial charge in [0.25, 0.3) is 0 Å². The average Bonchev–Trinajstić information content (AvgIpc) is 2.79. The van der Waals surface area contributed by atoms with Gasteiger partial charge in [0.1, 0.15) is 0 Å². The molecule has 1 saturated heterocycles. The molecule has 116 valence electrons. The molecule has 2 rings (SSSR count). The Kier molecular flexibility index (Phi) is 6.58. The Balaban J connectivity index is 0.000000206. The predicted octanol–water partition coefficient (Wildman–Crippen LogP) is 0.236. The summed E-state index contributed by atoms with van der Waals surface area (Å²) in [4.78, 5) is 22.0. The summed E-state index contributed by atoms with van der Waals surface area (Å²) in [6.45, 7) is 1.35. The fourth-order valence-electron chi connectivity index (χ4n) is 2.43. The van der Waals surface area contributed by atoms with Crippen molar-refractivity contribution >= 4 is 11.9 Å². The number of aliphatic hydroxyl groups is 3. The SMILES string of the molecule is CCC(CO)(CO)CO.O=C1OC(=O)C2CCCCC12. The molecule has 2 atom stereocenters. The van der Waals surface area contributed by atoms with Gasteiger partial charge in [0.2, 0.25) is 0 Å². The lowest BCUT2D eigenvalue weighted by molar-refractivity contribution is -0.153. The van der Waals surface area contributed by atoms with Crippen molar-refractivity contribution in [3.05, 3.63) is 0 Å². The maximum absolute atomic E-state index is 11.0. The molecule has 0 spiro atoms. The van der Waals surface area contributed by atoms with E-state index < -0.39 is 5.41 Å². The number of aliphatic hydroxyl groups excluding tert-OH is 3. The fourth-order valence-corrected chi connectivity index (χ4v) is 2.43. The molecule has 1 aliphatic carbocycles. The van der Waals surface area contributed by atoms with Crippen molar-refractivity contribution in [2.24, 2.45) is 17.3 Å². The fraction of sp³-hybridized carbons (Fsp3) is 0.857. The second kappa shape index (κ2) is 7.71. The minimum absolute atomic E-state index is 0.101. The Hall–Kier alpha value is -0.980. The minimum atomic E-state index is -0.667. The first-order valence-electron chi connectivity index (χ1n) is 7.11. The van der Waals surface area contributed by atoms with E-state index in [9.17, 15) is 9.59 Å². The quantitative estimate of drug-likeness (QED) is 0.505. The van der Waals surface area contributed by atoms with Gasteiger partial charge in [-0.15, -0.1) is 0 Å². The van der Waals surface area contributed by atoms with Crippen LogP contribution in [-0.4, -0.2) is 47.1 Å². The summed E-state index contributed by atoms with van der Waals surface area (Å²) in [6.07, 6.45) is 4.40. The van der Waals surface area contributed by atoms with Crippen LogP contribution in [0.5, 0.6) is 0 Å². The van der Waals surface area contributed by atoms with E-state index in [-0.39, 0.29) is 43.6 Å². The Morgan fingerprint density at radius 1 is 1.00 bits per heavy atom. The van der Waals surface area contributed by atoms with Crippen LogP contribution in [0.25, 0.3) is 0 Å². The molecular weight excluding hydrogens is 264 g/mol. The summed E-state index contributed by atoms with van der Waals surface area (Å²) in [5.41, 5.74) is -0.667. The maximum Gasteiger partial charge on any atom is 0.317 e. The predicted molar refractivity (Wildman–Crippen MR) is 70.5 cm³/mol. The molecule has 0 bridgehead atoms. The van der Waals surface area contributed by atoms with Gasteiger partial charge < -0.3 is 20.1 Å². The van der Waals surface area contributed by atoms with Crippen LogP contribution in [0.15, 0.2) is 0 Å². The molecule has 20 heavy (non-hydrogen) atoms. The van der Waals surface area contributed by atoms with Crippen LogP contribution in [0.3, 0.4) is 0 Å². The van der Waals surface area contributed by atoms with Crippen molar-refractivity contribution in [1.29, 1.82) is 0 Å². The van der Waals surface area contributed by atoms with Crippen LogP contribution in [0.1, 0.15) is 39.0 Å². The highest BCUT2D eigenvalue weighted by atomic mass is 16.6. The zero-order chi connectivity index (χ0) is 15.2. The monoisotopic (exact) mass is 288 g/mol. The second-order valence-corrected chi connectivity index (χ2v) is 5.57. The van der Waals surface area contributed by atoms with E-state index in [4.69, 9.17) is 15.3 Å². The van der Waals surface area contributed by atoms with E-state index in [0.717, 1.165) is 25.7 Å². The number of hydrogen-bond acceptors (Lipinski definition) is 6. The topological polar surface area (TPSA) is 104 Å². The van der Waals surface area contributed by atoms with E-state index in [1.807, 2.05) is 6.92 Å². The van der Waals surface area contributed by atoms with Crippen LogP contribution >= 0.6 is 0 Å². The second-order valence-electron chi connectivity index (χ2n) is 5.57. The third kappa shape index (κ3) is 3.77. The minimum Gasteiger partial charge on any atom is -0.396 e. The van der Waals surface area contributed by atoms with Crippen LogP contribution in [0.2, 0.25) is 0 Å². The zero-order valence-electron chi connectivity index (χ0n) is 11.9. The third-order valence-corrected chi connectivity index (χ3v) is 4.33. The van der Waals surface area contributed by atoms with Crippen molar-refractivity contribution in [3.8, 4) is 0 Å². The van der Waals surface area contributed by atoms with Gasteiger partial charge in [0.15, 0.2) is 0 Å². The lowest BCUT2D eigenvalue weighted by atomic mass is 9.81. The molecule has 0 aromatic rings. The van der Waals surface area contributed by atoms with E-state index in [1.165, 1.54) is 0 Å². The first-order chi connectivity index (χ1) is 9.53. The zero-order valence-corrected chi connectivity index (χ0v) is 11.9. The largest absolute Gasteiger partial charge is 0.396 e. The molecule has 0 amide bonds. The normalized spacial score (nSPS) is 25.6. The van der Waals surface area contributed by atoms with Crippen molar-refractivity contribution in [2.45, 2.75) is 39.0 Å². The smallest absolute Gasteiger partial charge is 0.317 e. The van der Waals surface area contributed by atoms with Crippen molar-refractivity contribution in [3.63, 3.8) is 0 Å². The molecular formula is C14H24O6. The summed E-state index contributed by atoms with van der Waals surface area (Å²) in [5.74, 6) is -0.785. The van der Waals surface area contributed by atoms with Crippen LogP contribution in [-0.2, 0) is 14.3 Å². The molecule has 6 heteroatoms. The Bertz CT molecular complexity index is 297. The third-order valence-electron chi connectivity index (χ3n) is 4.33. The Labute approximate surface area is 118 Å². The standard InChI is InChI=1S/C8H10O3.C6H14O3/c9-7-5-3-1-2-4-6(5)8(10)11-7;1-2-6(3-7,4-8)5-9/h5-6H,1-4H2;7-9H,2-5H2,1H3. The highest BCUT2D eigenvalue weighted by molar-refractivity contribution is 5.96. The van der Waals surface area contributed by atoms with Gasteiger partial charge in [-0.3, -0.25) is 9.59 Å². The molecule has 3 N–H and O–H groups in total. The molecule has 2 unspecified atom stereocenters. The van der Waals surface area contributed by atoms with E-state index in [0.29, 0.717) is 6.42 Å². The number of fused-ring (bicyclic) bond motifs is 1. The van der Waals surface area contributed by atoms with E-state index in [2.05, 4.69) is 4.74 Å². The van der Waals surface area contributed by atoms with Gasteiger partial charge in [-0.2, -0.15) is 0 Å². The molecule has 1 saturated carbocycles. The maximum atomic E-state index is 11.0. The molecule has 1 heterocycles. The number of hydrogen-bond donors (Lipinski definition) is 3. The van der Waals surface area contributed by atoms with E-state index >= 15 is 0 Å². The average molecular weight is 288 g/mol. The molecule has 0 aromatic heterocycles. The van der Waals surface area contributed by atoms with E-state index in [1.54, 1.807) is 0 Å². The van der Waals surface area contributed by atoms with Gasteiger partial charge in [0.05, 0.1) is 31.7 Å². The number of rotatable bonds is 4. The summed E-state index contributed by atoms with van der Waals surface area (Å²) >= 11 is 0. The lowest BCUT2D eigenvalue weighted by Gasteiger charge is -2.24. The van der Waals surface area contributed by atoms with Crippen LogP contribution in [0, 0.1) is 17.3 Å².